The average Bonchev–Trinajstić information content (AvgIpc) is 3.23. The van der Waals surface area contributed by atoms with Gasteiger partial charge < -0.3 is 19.2 Å². The Balaban J connectivity index is 0.00000264. The fourth-order valence-electron chi connectivity index (χ4n) is 5.53. The molecule has 2 amide bonds. The lowest BCUT2D eigenvalue weighted by molar-refractivity contribution is -0.136. The number of hydrogen-bond acceptors (Lipinski definition) is 6. The van der Waals surface area contributed by atoms with Crippen molar-refractivity contribution in [2.24, 2.45) is 5.41 Å². The van der Waals surface area contributed by atoms with Gasteiger partial charge in [-0.25, -0.2) is 0 Å². The highest BCUT2D eigenvalue weighted by Crippen LogP contribution is 2.35. The molecule has 1 N–H and O–H groups in total. The highest BCUT2D eigenvalue weighted by atomic mass is 35.5. The minimum Gasteiger partial charge on any atom is -0.461 e. The molecule has 1 aliphatic heterocycles. The molecule has 0 atom stereocenters. The second-order valence-electron chi connectivity index (χ2n) is 11.8. The van der Waals surface area contributed by atoms with Crippen LogP contribution in [0.2, 0.25) is 0 Å². The molecule has 5 rings (SSSR count). The topological polar surface area (TPSA) is 101 Å². The molecule has 4 aromatic rings. The zero-order valence-corrected chi connectivity index (χ0v) is 27.7. The third-order valence-corrected chi connectivity index (χ3v) is 8.51. The summed E-state index contributed by atoms with van der Waals surface area (Å²) in [6.45, 7) is 12.0. The Hall–Kier alpha value is -3.66. The number of nitrogens with one attached hydrogen (secondary N) is 1. The minimum atomic E-state index is -1.14. The van der Waals surface area contributed by atoms with Gasteiger partial charge in [-0.05, 0) is 95.0 Å². The van der Waals surface area contributed by atoms with E-state index in [1.807, 2.05) is 56.6 Å². The maximum absolute atomic E-state index is 13.3. The van der Waals surface area contributed by atoms with Gasteiger partial charge in [0.15, 0.2) is 0 Å². The Labute approximate surface area is 270 Å². The molecule has 0 bridgehead atoms. The number of carbonyl (C=O) groups excluding carboxylic acids is 2. The molecule has 9 nitrogen and oxygen atoms in total. The summed E-state index contributed by atoms with van der Waals surface area (Å²) in [6, 6.07) is 9.77. The van der Waals surface area contributed by atoms with Crippen LogP contribution in [0.1, 0.15) is 48.3 Å². The van der Waals surface area contributed by atoms with Crippen molar-refractivity contribution in [3.8, 4) is 0 Å². The van der Waals surface area contributed by atoms with E-state index >= 15 is 0 Å². The predicted molar refractivity (Wildman–Crippen MR) is 179 cm³/mol. The molecule has 0 saturated carbocycles. The Morgan fingerprint density at radius 1 is 1.02 bits per heavy atom. The quantitative estimate of drug-likeness (QED) is 0.231. The van der Waals surface area contributed by atoms with Gasteiger partial charge in [0.2, 0.25) is 11.8 Å². The van der Waals surface area contributed by atoms with E-state index in [4.69, 9.17) is 4.42 Å². The van der Waals surface area contributed by atoms with Gasteiger partial charge in [-0.2, -0.15) is 0 Å². The number of anilines is 2. The second-order valence-corrected chi connectivity index (χ2v) is 11.8. The van der Waals surface area contributed by atoms with Gasteiger partial charge in [0.25, 0.3) is 5.56 Å². The van der Waals surface area contributed by atoms with Crippen molar-refractivity contribution in [3.05, 3.63) is 87.3 Å². The third-order valence-electron chi connectivity index (χ3n) is 8.51. The molecule has 0 saturated heterocycles. The van der Waals surface area contributed by atoms with Crippen LogP contribution in [0.4, 0.5) is 11.4 Å². The van der Waals surface area contributed by atoms with E-state index < -0.39 is 5.41 Å². The molecule has 4 heterocycles. The van der Waals surface area contributed by atoms with Gasteiger partial charge in [0.1, 0.15) is 16.8 Å². The lowest BCUT2D eigenvalue weighted by atomic mass is 9.91. The average molecular weight is 643 g/mol. The first-order valence-electron chi connectivity index (χ1n) is 14.4. The van der Waals surface area contributed by atoms with E-state index in [2.05, 4.69) is 22.1 Å². The van der Waals surface area contributed by atoms with Crippen molar-refractivity contribution >= 4 is 59.0 Å². The Bertz CT molecular complexity index is 1730. The second kappa shape index (κ2) is 14.0. The van der Waals surface area contributed by atoms with Crippen molar-refractivity contribution in [1.29, 1.82) is 0 Å². The number of amides is 2. The maximum atomic E-state index is 13.3. The van der Waals surface area contributed by atoms with Crippen molar-refractivity contribution in [2.45, 2.75) is 60.5 Å². The molecule has 0 unspecified atom stereocenters. The maximum Gasteiger partial charge on any atom is 0.262 e. The van der Waals surface area contributed by atoms with Gasteiger partial charge in [0.05, 0.1) is 16.8 Å². The van der Waals surface area contributed by atoms with Crippen molar-refractivity contribution in [2.75, 3.05) is 30.4 Å². The van der Waals surface area contributed by atoms with Crippen LogP contribution in [-0.4, -0.2) is 46.4 Å². The number of rotatable bonds is 9. The zero-order chi connectivity index (χ0) is 30.2. The summed E-state index contributed by atoms with van der Waals surface area (Å²) in [6.07, 6.45) is 7.20. The van der Waals surface area contributed by atoms with Crippen LogP contribution < -0.4 is 15.8 Å². The van der Waals surface area contributed by atoms with Crippen molar-refractivity contribution in [1.82, 2.24) is 14.5 Å². The van der Waals surface area contributed by atoms with E-state index in [0.717, 1.165) is 48.4 Å². The Kier molecular flexibility index (Phi) is 11.1. The molecular formula is C33H41Cl2N5O4. The summed E-state index contributed by atoms with van der Waals surface area (Å²) in [7, 11) is 1.72. The van der Waals surface area contributed by atoms with Crippen LogP contribution >= 0.6 is 24.8 Å². The van der Waals surface area contributed by atoms with Crippen LogP contribution in [-0.2, 0) is 29.1 Å². The molecule has 1 aromatic carbocycles. The van der Waals surface area contributed by atoms with E-state index in [-0.39, 0.29) is 42.2 Å². The lowest BCUT2D eigenvalue weighted by Crippen LogP contribution is -2.43. The number of hydrogen-bond donors (Lipinski definition) is 1. The van der Waals surface area contributed by atoms with E-state index in [9.17, 15) is 14.4 Å². The first kappa shape index (κ1) is 34.8. The molecule has 0 fully saturated rings. The summed E-state index contributed by atoms with van der Waals surface area (Å²) in [5.41, 5.74) is 5.13. The van der Waals surface area contributed by atoms with E-state index in [1.54, 1.807) is 36.6 Å². The predicted octanol–water partition coefficient (Wildman–Crippen LogP) is 5.83. The first-order valence-corrected chi connectivity index (χ1v) is 14.4. The van der Waals surface area contributed by atoms with Crippen LogP contribution in [0.25, 0.3) is 11.0 Å². The van der Waals surface area contributed by atoms with Crippen LogP contribution in [0.5, 0.6) is 0 Å². The number of furan rings is 1. The van der Waals surface area contributed by atoms with Gasteiger partial charge in [-0.15, -0.1) is 24.8 Å². The fourth-order valence-corrected chi connectivity index (χ4v) is 5.53. The largest absolute Gasteiger partial charge is 0.461 e. The third kappa shape index (κ3) is 6.85. The van der Waals surface area contributed by atoms with Crippen LogP contribution in [0, 0.1) is 26.2 Å². The molecule has 236 valence electrons. The van der Waals surface area contributed by atoms with Gasteiger partial charge >= 0.3 is 0 Å². The number of carbonyl (C=O) groups is 2. The van der Waals surface area contributed by atoms with E-state index in [0.29, 0.717) is 35.4 Å². The molecule has 11 heteroatoms. The van der Waals surface area contributed by atoms with Gasteiger partial charge in [-0.3, -0.25) is 24.3 Å². The number of halogens is 2. The minimum absolute atomic E-state index is 0. The van der Waals surface area contributed by atoms with Gasteiger partial charge in [0, 0.05) is 50.8 Å². The van der Waals surface area contributed by atoms with E-state index in [1.165, 1.54) is 5.56 Å². The van der Waals surface area contributed by atoms with Crippen molar-refractivity contribution in [3.63, 3.8) is 0 Å². The molecule has 0 spiro atoms. The summed E-state index contributed by atoms with van der Waals surface area (Å²) in [5, 5.41) is 3.56. The molecule has 1 aliphatic rings. The molecular weight excluding hydrogens is 601 g/mol. The number of aryl methyl sites for hydroxylation is 4. The lowest BCUT2D eigenvalue weighted by Gasteiger charge is -2.25. The summed E-state index contributed by atoms with van der Waals surface area (Å²) < 4.78 is 7.51. The number of benzene rings is 1. The fraction of sp³-hybridized carbons (Fsp3) is 0.394. The highest BCUT2D eigenvalue weighted by molar-refractivity contribution is 6.19. The van der Waals surface area contributed by atoms with Crippen LogP contribution in [0.3, 0.4) is 0 Å². The summed E-state index contributed by atoms with van der Waals surface area (Å²) in [5.74, 6) is 0.236. The molecule has 3 aromatic heterocycles. The number of nitrogens with zero attached hydrogens (tertiary/aromatic N) is 4. The normalized spacial score (nSPS) is 14.1. The monoisotopic (exact) mass is 641 g/mol. The number of pyridine rings is 2. The molecule has 44 heavy (non-hydrogen) atoms. The molecule has 0 aliphatic carbocycles. The zero-order valence-electron chi connectivity index (χ0n) is 26.1. The Morgan fingerprint density at radius 3 is 2.50 bits per heavy atom. The first-order chi connectivity index (χ1) is 20.0. The van der Waals surface area contributed by atoms with Gasteiger partial charge in [-0.1, -0.05) is 6.07 Å². The smallest absolute Gasteiger partial charge is 0.262 e. The SMILES string of the molecule is Cc1ccncc1CN(CCCc1ccc2c(c1)N(C)C(=O)C(C)(C)C(=O)N2)CCn1ccc2oc(C)c(C)c2c1=O.Cl.Cl. The highest BCUT2D eigenvalue weighted by Gasteiger charge is 2.41. The number of aromatic nitrogens is 2. The van der Waals surface area contributed by atoms with Crippen molar-refractivity contribution < 1.29 is 14.0 Å². The summed E-state index contributed by atoms with van der Waals surface area (Å²) >= 11 is 0. The molecule has 0 radical (unpaired) electrons. The Morgan fingerprint density at radius 2 is 1.77 bits per heavy atom. The van der Waals surface area contributed by atoms with Crippen LogP contribution in [0.15, 0.2) is 58.1 Å². The standard InChI is InChI=1S/C33H39N5O4.2ClH/c1-21-11-13-34-19-25(21)20-37(16-17-38-15-12-28-29(30(38)39)22(2)23(3)42-28)14-7-8-24-9-10-26-27(18-24)36(6)32(41)33(4,5)31(40)35-26;;/h9-13,15,18-19H,7-8,14,16-17,20H2,1-6H3,(H,35,40);2*1H. The summed E-state index contributed by atoms with van der Waals surface area (Å²) in [4.78, 5) is 47.1. The number of fused-ring (bicyclic) bond motifs is 2.